The predicted octanol–water partition coefficient (Wildman–Crippen LogP) is 1.76. The maximum atomic E-state index is 13.2. The minimum Gasteiger partial charge on any atom is -0.375 e. The van der Waals surface area contributed by atoms with Crippen molar-refractivity contribution < 1.29 is 23.1 Å². The fourth-order valence-corrected chi connectivity index (χ4v) is 2.65. The van der Waals surface area contributed by atoms with Gasteiger partial charge in [0, 0.05) is 12.1 Å². The first-order valence-electron chi connectivity index (χ1n) is 5.94. The highest BCUT2D eigenvalue weighted by atomic mass is 32.1. The van der Waals surface area contributed by atoms with Crippen molar-refractivity contribution in [3.05, 3.63) is 23.8 Å². The summed E-state index contributed by atoms with van der Waals surface area (Å²) < 4.78 is 40.0. The van der Waals surface area contributed by atoms with Gasteiger partial charge in [0.1, 0.15) is 0 Å². The Hall–Kier alpha value is -1.87. The van der Waals surface area contributed by atoms with E-state index in [1.807, 2.05) is 5.32 Å². The second kappa shape index (κ2) is 5.15. The van der Waals surface area contributed by atoms with Crippen molar-refractivity contribution >= 4 is 32.6 Å². The minimum absolute atomic E-state index is 0.0347. The van der Waals surface area contributed by atoms with E-state index in [1.54, 1.807) is 0 Å². The molecule has 0 aliphatic rings. The molecule has 0 bridgehead atoms. The zero-order chi connectivity index (χ0) is 15.8. The van der Waals surface area contributed by atoms with E-state index in [1.165, 1.54) is 13.0 Å². The van der Waals surface area contributed by atoms with Gasteiger partial charge in [0.05, 0.1) is 10.2 Å². The number of nitrogens with zero attached hydrogens (tertiary/aromatic N) is 1. The molecule has 0 aliphatic heterocycles. The lowest BCUT2D eigenvalue weighted by atomic mass is 9.92. The first-order chi connectivity index (χ1) is 9.70. The SMILES string of the molecule is CCNC(=O)[C@@](O)(c1ccc2nc(N)sc2c1)C(F)(F)F. The molecule has 1 amide bonds. The van der Waals surface area contributed by atoms with Gasteiger partial charge < -0.3 is 16.2 Å². The number of nitrogen functional groups attached to an aromatic ring is 1. The number of nitrogens with two attached hydrogens (primary N) is 1. The standard InChI is InChI=1S/C12H12F3N3O2S/c1-2-17-9(19)11(20,12(13,14)15)6-3-4-7-8(5-6)21-10(16)18-7/h3-5,20H,2H2,1H3,(H2,16,18)(H,17,19)/t11-/m0/s1. The zero-order valence-corrected chi connectivity index (χ0v) is 11.7. The van der Waals surface area contributed by atoms with E-state index in [2.05, 4.69) is 4.98 Å². The van der Waals surface area contributed by atoms with Gasteiger partial charge >= 0.3 is 6.18 Å². The summed E-state index contributed by atoms with van der Waals surface area (Å²) in [4.78, 5) is 15.6. The van der Waals surface area contributed by atoms with Gasteiger partial charge in [-0.3, -0.25) is 4.79 Å². The molecule has 2 rings (SSSR count). The van der Waals surface area contributed by atoms with E-state index in [4.69, 9.17) is 5.73 Å². The number of aliphatic hydroxyl groups is 1. The van der Waals surface area contributed by atoms with Crippen molar-refractivity contribution in [2.24, 2.45) is 0 Å². The van der Waals surface area contributed by atoms with Crippen molar-refractivity contribution in [2.45, 2.75) is 18.7 Å². The van der Waals surface area contributed by atoms with Crippen LogP contribution in [0.3, 0.4) is 0 Å². The fourth-order valence-electron chi connectivity index (χ4n) is 1.88. The molecule has 0 fully saturated rings. The third kappa shape index (κ3) is 2.54. The largest absolute Gasteiger partial charge is 0.430 e. The number of carbonyl (C=O) groups is 1. The van der Waals surface area contributed by atoms with Gasteiger partial charge in [0.15, 0.2) is 5.13 Å². The molecule has 0 saturated heterocycles. The van der Waals surface area contributed by atoms with E-state index >= 15 is 0 Å². The molecule has 114 valence electrons. The van der Waals surface area contributed by atoms with Crippen molar-refractivity contribution in [1.29, 1.82) is 0 Å². The third-order valence-electron chi connectivity index (χ3n) is 2.90. The number of amides is 1. The van der Waals surface area contributed by atoms with Crippen molar-refractivity contribution in [1.82, 2.24) is 10.3 Å². The highest BCUT2D eigenvalue weighted by Crippen LogP contribution is 2.40. The third-order valence-corrected chi connectivity index (χ3v) is 3.75. The molecular formula is C12H12F3N3O2S. The van der Waals surface area contributed by atoms with Gasteiger partial charge in [0.2, 0.25) is 0 Å². The number of carbonyl (C=O) groups excluding carboxylic acids is 1. The average Bonchev–Trinajstić information content (AvgIpc) is 2.75. The van der Waals surface area contributed by atoms with E-state index in [9.17, 15) is 23.1 Å². The summed E-state index contributed by atoms with van der Waals surface area (Å²) in [6.07, 6.45) is -5.16. The van der Waals surface area contributed by atoms with Crippen molar-refractivity contribution in [2.75, 3.05) is 12.3 Å². The van der Waals surface area contributed by atoms with Crippen molar-refractivity contribution in [3.8, 4) is 0 Å². The Morgan fingerprint density at radius 2 is 2.14 bits per heavy atom. The van der Waals surface area contributed by atoms with Gasteiger partial charge in [-0.15, -0.1) is 0 Å². The molecule has 1 atom stereocenters. The molecule has 5 nitrogen and oxygen atoms in total. The minimum atomic E-state index is -5.16. The van der Waals surface area contributed by atoms with Crippen LogP contribution in [-0.4, -0.2) is 28.7 Å². The number of fused-ring (bicyclic) bond motifs is 1. The summed E-state index contributed by atoms with van der Waals surface area (Å²) in [6.45, 7) is 1.43. The highest BCUT2D eigenvalue weighted by Gasteiger charge is 2.60. The molecule has 0 unspecified atom stereocenters. The van der Waals surface area contributed by atoms with Gasteiger partial charge in [-0.2, -0.15) is 13.2 Å². The summed E-state index contributed by atoms with van der Waals surface area (Å²) in [5.74, 6) is -1.52. The van der Waals surface area contributed by atoms with Gasteiger partial charge in [-0.25, -0.2) is 4.98 Å². The second-order valence-corrected chi connectivity index (χ2v) is 5.36. The highest BCUT2D eigenvalue weighted by molar-refractivity contribution is 7.22. The molecule has 2 aromatic rings. The number of aromatic nitrogens is 1. The molecule has 9 heteroatoms. The maximum Gasteiger partial charge on any atom is 0.430 e. The number of likely N-dealkylation sites (N-methyl/N-ethyl adjacent to an activating group) is 1. The Labute approximate surface area is 121 Å². The number of nitrogens with one attached hydrogen (secondary N) is 1. The summed E-state index contributed by atoms with van der Waals surface area (Å²) in [5, 5.41) is 12.2. The topological polar surface area (TPSA) is 88.2 Å². The van der Waals surface area contributed by atoms with Crippen LogP contribution in [0.5, 0.6) is 0 Å². The summed E-state index contributed by atoms with van der Waals surface area (Å²) in [5.41, 5.74) is 1.70. The van der Waals surface area contributed by atoms with Gasteiger partial charge in [0.25, 0.3) is 11.5 Å². The Morgan fingerprint density at radius 3 is 2.71 bits per heavy atom. The van der Waals surface area contributed by atoms with Crippen LogP contribution < -0.4 is 11.1 Å². The Kier molecular flexibility index (Phi) is 3.81. The summed E-state index contributed by atoms with van der Waals surface area (Å²) in [6, 6.07) is 3.38. The predicted molar refractivity (Wildman–Crippen MR) is 72.7 cm³/mol. The number of halogens is 3. The molecule has 0 spiro atoms. The molecule has 1 heterocycles. The van der Waals surface area contributed by atoms with Crippen LogP contribution in [0.25, 0.3) is 10.2 Å². The van der Waals surface area contributed by atoms with Crippen LogP contribution in [0.15, 0.2) is 18.2 Å². The Morgan fingerprint density at radius 1 is 1.48 bits per heavy atom. The molecule has 0 radical (unpaired) electrons. The molecule has 21 heavy (non-hydrogen) atoms. The Balaban J connectivity index is 2.60. The van der Waals surface area contributed by atoms with Crippen LogP contribution in [-0.2, 0) is 10.4 Å². The number of rotatable bonds is 3. The normalized spacial score (nSPS) is 14.9. The molecule has 1 aromatic heterocycles. The van der Waals surface area contributed by atoms with Crippen LogP contribution >= 0.6 is 11.3 Å². The number of thiazole rings is 1. The lowest BCUT2D eigenvalue weighted by Gasteiger charge is -2.29. The Bertz CT molecular complexity index is 686. The molecule has 0 saturated carbocycles. The number of alkyl halides is 3. The smallest absolute Gasteiger partial charge is 0.375 e. The van der Waals surface area contributed by atoms with E-state index in [-0.39, 0.29) is 11.7 Å². The number of hydrogen-bond acceptors (Lipinski definition) is 5. The van der Waals surface area contributed by atoms with Crippen LogP contribution in [0.1, 0.15) is 12.5 Å². The summed E-state index contributed by atoms with van der Waals surface area (Å²) in [7, 11) is 0. The quantitative estimate of drug-likeness (QED) is 0.804. The molecule has 1 aromatic carbocycles. The molecular weight excluding hydrogens is 307 g/mol. The zero-order valence-electron chi connectivity index (χ0n) is 10.9. The fraction of sp³-hybridized carbons (Fsp3) is 0.333. The molecule has 4 N–H and O–H groups in total. The van der Waals surface area contributed by atoms with Crippen molar-refractivity contribution in [3.63, 3.8) is 0 Å². The monoisotopic (exact) mass is 319 g/mol. The van der Waals surface area contributed by atoms with Gasteiger partial charge in [-0.1, -0.05) is 17.4 Å². The lowest BCUT2D eigenvalue weighted by Crippen LogP contribution is -2.54. The van der Waals surface area contributed by atoms with E-state index in [0.29, 0.717) is 10.2 Å². The average molecular weight is 319 g/mol. The van der Waals surface area contributed by atoms with Crippen LogP contribution in [0, 0.1) is 0 Å². The van der Waals surface area contributed by atoms with E-state index < -0.39 is 23.2 Å². The number of anilines is 1. The lowest BCUT2D eigenvalue weighted by molar-refractivity contribution is -0.256. The summed E-state index contributed by atoms with van der Waals surface area (Å²) >= 11 is 0.975. The second-order valence-electron chi connectivity index (χ2n) is 4.30. The first-order valence-corrected chi connectivity index (χ1v) is 6.75. The maximum absolute atomic E-state index is 13.2. The number of hydrogen-bond donors (Lipinski definition) is 3. The first kappa shape index (κ1) is 15.5. The van der Waals surface area contributed by atoms with Gasteiger partial charge in [-0.05, 0) is 19.1 Å². The van der Waals surface area contributed by atoms with E-state index in [0.717, 1.165) is 23.5 Å². The van der Waals surface area contributed by atoms with Crippen LogP contribution in [0.4, 0.5) is 18.3 Å². The number of benzene rings is 1. The molecule has 0 aliphatic carbocycles. The van der Waals surface area contributed by atoms with Crippen LogP contribution in [0.2, 0.25) is 0 Å².